The molecule has 2 atom stereocenters. The van der Waals surface area contributed by atoms with E-state index in [1.165, 1.54) is 0 Å². The second kappa shape index (κ2) is 7.57. The van der Waals surface area contributed by atoms with E-state index >= 15 is 0 Å². The summed E-state index contributed by atoms with van der Waals surface area (Å²) in [6.45, 7) is 6.84. The fraction of sp³-hybridized carbons (Fsp3) is 0.588. The van der Waals surface area contributed by atoms with Crippen molar-refractivity contribution in [2.75, 3.05) is 13.2 Å². The smallest absolute Gasteiger partial charge is 0.340 e. The molecule has 1 saturated heterocycles. The lowest BCUT2D eigenvalue weighted by Crippen LogP contribution is -2.31. The molecule has 1 heterocycles. The van der Waals surface area contributed by atoms with Gasteiger partial charge in [-0.15, -0.1) is 0 Å². The monoisotopic (exact) mass is 292 g/mol. The third-order valence-electron chi connectivity index (χ3n) is 3.69. The molecular formula is C17H24O4. The minimum absolute atomic E-state index is 0.106. The molecule has 1 aromatic rings. The molecule has 1 fully saturated rings. The number of hydrogen-bond donors (Lipinski definition) is 0. The predicted octanol–water partition coefficient (Wildman–Crippen LogP) is 3.18. The van der Waals surface area contributed by atoms with Crippen LogP contribution in [0.25, 0.3) is 0 Å². The van der Waals surface area contributed by atoms with E-state index in [0.29, 0.717) is 12.4 Å². The van der Waals surface area contributed by atoms with Crippen LogP contribution in [0, 0.1) is 13.8 Å². The van der Waals surface area contributed by atoms with Crippen molar-refractivity contribution >= 4 is 5.97 Å². The van der Waals surface area contributed by atoms with Crippen LogP contribution in [0.5, 0.6) is 5.75 Å². The van der Waals surface area contributed by atoms with Crippen LogP contribution in [0.15, 0.2) is 18.2 Å². The number of esters is 1. The Labute approximate surface area is 126 Å². The molecule has 1 aromatic carbocycles. The Morgan fingerprint density at radius 2 is 2.19 bits per heavy atom. The fourth-order valence-corrected chi connectivity index (χ4v) is 2.27. The molecule has 0 radical (unpaired) electrons. The van der Waals surface area contributed by atoms with Crippen molar-refractivity contribution in [3.63, 3.8) is 0 Å². The SMILES string of the molecule is Cc1ccc(C)c(OC(=O)C(C)OCC2CCCCO2)c1. The van der Waals surface area contributed by atoms with Gasteiger partial charge in [-0.05, 0) is 57.2 Å². The van der Waals surface area contributed by atoms with E-state index in [-0.39, 0.29) is 12.1 Å². The molecule has 0 N–H and O–H groups in total. The van der Waals surface area contributed by atoms with Crippen LogP contribution in [0.4, 0.5) is 0 Å². The molecule has 0 aliphatic carbocycles. The summed E-state index contributed by atoms with van der Waals surface area (Å²) in [7, 11) is 0. The van der Waals surface area contributed by atoms with E-state index in [2.05, 4.69) is 0 Å². The highest BCUT2D eigenvalue weighted by Gasteiger charge is 2.20. The Morgan fingerprint density at radius 1 is 1.38 bits per heavy atom. The van der Waals surface area contributed by atoms with E-state index < -0.39 is 6.10 Å². The van der Waals surface area contributed by atoms with Crippen LogP contribution >= 0.6 is 0 Å². The summed E-state index contributed by atoms with van der Waals surface area (Å²) in [6.07, 6.45) is 2.79. The van der Waals surface area contributed by atoms with Crippen LogP contribution in [0.2, 0.25) is 0 Å². The summed E-state index contributed by atoms with van der Waals surface area (Å²) < 4.78 is 16.6. The van der Waals surface area contributed by atoms with Crippen LogP contribution in [0.1, 0.15) is 37.3 Å². The predicted molar refractivity (Wildman–Crippen MR) is 80.6 cm³/mol. The first-order valence-electron chi connectivity index (χ1n) is 7.58. The molecule has 1 aliphatic rings. The first-order chi connectivity index (χ1) is 10.1. The van der Waals surface area contributed by atoms with Crippen molar-refractivity contribution in [3.8, 4) is 5.75 Å². The molecule has 1 aliphatic heterocycles. The van der Waals surface area contributed by atoms with Crippen LogP contribution < -0.4 is 4.74 Å². The standard InChI is InChI=1S/C17H24O4/c1-12-7-8-13(2)16(10-12)21-17(18)14(3)20-11-15-6-4-5-9-19-15/h7-8,10,14-15H,4-6,9,11H2,1-3H3. The minimum Gasteiger partial charge on any atom is -0.424 e. The van der Waals surface area contributed by atoms with Crippen LogP contribution in [-0.4, -0.2) is 31.4 Å². The van der Waals surface area contributed by atoms with Crippen molar-refractivity contribution in [1.29, 1.82) is 0 Å². The van der Waals surface area contributed by atoms with E-state index in [1.807, 2.05) is 32.0 Å². The Morgan fingerprint density at radius 3 is 2.90 bits per heavy atom. The zero-order valence-corrected chi connectivity index (χ0v) is 13.1. The zero-order chi connectivity index (χ0) is 15.2. The molecule has 116 valence electrons. The lowest BCUT2D eigenvalue weighted by atomic mass is 10.1. The zero-order valence-electron chi connectivity index (χ0n) is 13.1. The number of carbonyl (C=O) groups is 1. The second-order valence-corrected chi connectivity index (χ2v) is 5.65. The number of carbonyl (C=O) groups excluding carboxylic acids is 1. The van der Waals surface area contributed by atoms with Gasteiger partial charge in [-0.2, -0.15) is 0 Å². The van der Waals surface area contributed by atoms with Gasteiger partial charge in [0.05, 0.1) is 12.7 Å². The number of hydrogen-bond acceptors (Lipinski definition) is 4. The molecule has 0 bridgehead atoms. The van der Waals surface area contributed by atoms with Gasteiger partial charge >= 0.3 is 5.97 Å². The van der Waals surface area contributed by atoms with E-state index in [0.717, 1.165) is 37.0 Å². The molecule has 2 rings (SSSR count). The minimum atomic E-state index is -0.588. The van der Waals surface area contributed by atoms with Gasteiger partial charge in [-0.3, -0.25) is 0 Å². The summed E-state index contributed by atoms with van der Waals surface area (Å²) in [5.74, 6) is 0.240. The highest BCUT2D eigenvalue weighted by Crippen LogP contribution is 2.20. The fourth-order valence-electron chi connectivity index (χ4n) is 2.27. The molecule has 2 unspecified atom stereocenters. The molecule has 0 spiro atoms. The molecule has 0 aromatic heterocycles. The summed E-state index contributed by atoms with van der Waals surface area (Å²) in [5, 5.41) is 0. The highest BCUT2D eigenvalue weighted by molar-refractivity contribution is 5.77. The van der Waals surface area contributed by atoms with Crippen LogP contribution in [0.3, 0.4) is 0 Å². The van der Waals surface area contributed by atoms with Crippen molar-refractivity contribution < 1.29 is 19.0 Å². The largest absolute Gasteiger partial charge is 0.424 e. The van der Waals surface area contributed by atoms with Gasteiger partial charge in [0.2, 0.25) is 0 Å². The van der Waals surface area contributed by atoms with Crippen molar-refractivity contribution in [3.05, 3.63) is 29.3 Å². The van der Waals surface area contributed by atoms with E-state index in [4.69, 9.17) is 14.2 Å². The third kappa shape index (κ3) is 4.83. The summed E-state index contributed by atoms with van der Waals surface area (Å²) >= 11 is 0. The van der Waals surface area contributed by atoms with E-state index in [1.54, 1.807) is 6.92 Å². The Balaban J connectivity index is 1.82. The molecule has 21 heavy (non-hydrogen) atoms. The normalized spacial score (nSPS) is 20.0. The summed E-state index contributed by atoms with van der Waals surface area (Å²) in [4.78, 5) is 12.1. The number of ether oxygens (including phenoxy) is 3. The number of benzene rings is 1. The maximum atomic E-state index is 12.1. The van der Waals surface area contributed by atoms with Crippen molar-refractivity contribution in [2.24, 2.45) is 0 Å². The number of rotatable bonds is 5. The van der Waals surface area contributed by atoms with Gasteiger partial charge < -0.3 is 14.2 Å². The van der Waals surface area contributed by atoms with Gasteiger partial charge in [-0.25, -0.2) is 4.79 Å². The first kappa shape index (κ1) is 16.0. The maximum Gasteiger partial charge on any atom is 0.340 e. The van der Waals surface area contributed by atoms with Crippen molar-refractivity contribution in [2.45, 2.75) is 52.2 Å². The van der Waals surface area contributed by atoms with Gasteiger partial charge in [0, 0.05) is 6.61 Å². The van der Waals surface area contributed by atoms with Gasteiger partial charge in [0.15, 0.2) is 6.10 Å². The van der Waals surface area contributed by atoms with E-state index in [9.17, 15) is 4.79 Å². The number of aryl methyl sites for hydroxylation is 2. The average molecular weight is 292 g/mol. The average Bonchev–Trinajstić information content (AvgIpc) is 2.49. The maximum absolute atomic E-state index is 12.1. The molecule has 4 nitrogen and oxygen atoms in total. The summed E-state index contributed by atoms with van der Waals surface area (Å²) in [6, 6.07) is 5.80. The molecule has 4 heteroatoms. The highest BCUT2D eigenvalue weighted by atomic mass is 16.6. The Hall–Kier alpha value is -1.39. The lowest BCUT2D eigenvalue weighted by molar-refractivity contribution is -0.149. The first-order valence-corrected chi connectivity index (χ1v) is 7.58. The molecular weight excluding hydrogens is 268 g/mol. The molecule has 0 saturated carbocycles. The summed E-state index contributed by atoms with van der Waals surface area (Å²) in [5.41, 5.74) is 2.00. The Bertz CT molecular complexity index is 478. The second-order valence-electron chi connectivity index (χ2n) is 5.65. The van der Waals surface area contributed by atoms with Gasteiger partial charge in [0.1, 0.15) is 5.75 Å². The topological polar surface area (TPSA) is 44.8 Å². The molecule has 0 amide bonds. The van der Waals surface area contributed by atoms with Crippen molar-refractivity contribution in [1.82, 2.24) is 0 Å². The quantitative estimate of drug-likeness (QED) is 0.617. The lowest BCUT2D eigenvalue weighted by Gasteiger charge is -2.23. The van der Waals surface area contributed by atoms with Crippen LogP contribution in [-0.2, 0) is 14.3 Å². The van der Waals surface area contributed by atoms with Gasteiger partial charge in [-0.1, -0.05) is 12.1 Å². The third-order valence-corrected chi connectivity index (χ3v) is 3.69. The Kier molecular flexibility index (Phi) is 5.76. The van der Waals surface area contributed by atoms with Gasteiger partial charge in [0.25, 0.3) is 0 Å².